The van der Waals surface area contributed by atoms with Gasteiger partial charge in [0, 0.05) is 24.9 Å². The molecule has 0 fully saturated rings. The Morgan fingerprint density at radius 1 is 0.920 bits per heavy atom. The monoisotopic (exact) mass is 345 g/mol. The molecule has 0 amide bonds. The van der Waals surface area contributed by atoms with Crippen molar-refractivity contribution in [2.75, 3.05) is 23.7 Å². The predicted octanol–water partition coefficient (Wildman–Crippen LogP) is 4.38. The lowest BCUT2D eigenvalue weighted by Crippen LogP contribution is -2.16. The van der Waals surface area contributed by atoms with E-state index in [0.29, 0.717) is 23.7 Å². The van der Waals surface area contributed by atoms with Crippen molar-refractivity contribution < 1.29 is 0 Å². The lowest BCUT2D eigenvalue weighted by molar-refractivity contribution is 0.453. The highest BCUT2D eigenvalue weighted by Crippen LogP contribution is 2.21. The fourth-order valence-electron chi connectivity index (χ4n) is 2.13. The molecule has 0 atom stereocenters. The zero-order chi connectivity index (χ0) is 18.9. The van der Waals surface area contributed by atoms with Crippen LogP contribution in [-0.4, -0.2) is 28.0 Å². The van der Waals surface area contributed by atoms with Gasteiger partial charge in [-0.2, -0.15) is 15.0 Å². The largest absolute Gasteiger partial charge is 0.354 e. The minimum absolute atomic E-state index is 0.150. The number of anilines is 2. The Morgan fingerprint density at radius 3 is 1.80 bits per heavy atom. The van der Waals surface area contributed by atoms with E-state index in [4.69, 9.17) is 6.42 Å². The Balaban J connectivity index is 2.80. The summed E-state index contributed by atoms with van der Waals surface area (Å²) < 4.78 is 0. The predicted molar refractivity (Wildman–Crippen MR) is 107 cm³/mol. The average Bonchev–Trinajstić information content (AvgIpc) is 2.52. The van der Waals surface area contributed by atoms with Gasteiger partial charge < -0.3 is 10.6 Å². The van der Waals surface area contributed by atoms with Crippen molar-refractivity contribution in [2.45, 2.75) is 67.2 Å². The van der Waals surface area contributed by atoms with Crippen molar-refractivity contribution >= 4 is 11.9 Å². The smallest absolute Gasteiger partial charge is 0.227 e. The molecule has 1 heterocycles. The molecule has 5 heteroatoms. The van der Waals surface area contributed by atoms with Crippen molar-refractivity contribution in [1.82, 2.24) is 15.0 Å². The molecule has 0 bridgehead atoms. The summed E-state index contributed by atoms with van der Waals surface area (Å²) in [4.78, 5) is 13.6. The molecule has 0 saturated carbocycles. The lowest BCUT2D eigenvalue weighted by atomic mass is 9.89. The molecular formula is C20H35N5. The quantitative estimate of drug-likeness (QED) is 0.583. The summed E-state index contributed by atoms with van der Waals surface area (Å²) in [5.74, 6) is 6.21. The molecule has 0 saturated heterocycles. The molecule has 0 aromatic carbocycles. The van der Waals surface area contributed by atoms with Gasteiger partial charge in [-0.05, 0) is 44.9 Å². The van der Waals surface area contributed by atoms with Gasteiger partial charge in [0.1, 0.15) is 5.82 Å². The first-order valence-corrected chi connectivity index (χ1v) is 9.42. The first-order chi connectivity index (χ1) is 11.7. The zero-order valence-electron chi connectivity index (χ0n) is 16.8. The highest BCUT2D eigenvalue weighted by Gasteiger charge is 2.16. The summed E-state index contributed by atoms with van der Waals surface area (Å²) in [6.07, 6.45) is 9.36. The van der Waals surface area contributed by atoms with E-state index in [2.05, 4.69) is 73.0 Å². The fourth-order valence-corrected chi connectivity index (χ4v) is 2.13. The van der Waals surface area contributed by atoms with Crippen molar-refractivity contribution in [3.8, 4) is 12.3 Å². The molecule has 2 N–H and O–H groups in total. The molecule has 0 spiro atoms. The van der Waals surface area contributed by atoms with Crippen LogP contribution in [0.15, 0.2) is 0 Å². The summed E-state index contributed by atoms with van der Waals surface area (Å²) >= 11 is 0. The van der Waals surface area contributed by atoms with Crippen LogP contribution in [0.2, 0.25) is 0 Å². The minimum atomic E-state index is -0.150. The van der Waals surface area contributed by atoms with Crippen LogP contribution >= 0.6 is 0 Å². The molecule has 0 aliphatic carbocycles. The minimum Gasteiger partial charge on any atom is -0.354 e. The van der Waals surface area contributed by atoms with Crippen molar-refractivity contribution in [2.24, 2.45) is 17.3 Å². The molecule has 25 heavy (non-hydrogen) atoms. The molecule has 0 radical (unpaired) electrons. The summed E-state index contributed by atoms with van der Waals surface area (Å²) in [6, 6.07) is 0. The van der Waals surface area contributed by atoms with E-state index in [1.54, 1.807) is 0 Å². The summed E-state index contributed by atoms with van der Waals surface area (Å²) in [5.41, 5.74) is -0.150. The van der Waals surface area contributed by atoms with E-state index in [1.165, 1.54) is 0 Å². The van der Waals surface area contributed by atoms with E-state index in [-0.39, 0.29) is 5.41 Å². The van der Waals surface area contributed by atoms with Crippen LogP contribution in [0.3, 0.4) is 0 Å². The maximum atomic E-state index is 5.59. The molecular weight excluding hydrogens is 310 g/mol. The summed E-state index contributed by atoms with van der Waals surface area (Å²) in [7, 11) is 0. The molecule has 1 aromatic rings. The molecule has 0 unspecified atom stereocenters. The van der Waals surface area contributed by atoms with Crippen LogP contribution in [0.4, 0.5) is 11.9 Å². The third kappa shape index (κ3) is 9.28. The summed E-state index contributed by atoms with van der Waals surface area (Å²) in [6.45, 7) is 14.7. The van der Waals surface area contributed by atoms with E-state index < -0.39 is 0 Å². The van der Waals surface area contributed by atoms with E-state index >= 15 is 0 Å². The number of rotatable bonds is 11. The third-order valence-corrected chi connectivity index (χ3v) is 4.06. The van der Waals surface area contributed by atoms with Crippen molar-refractivity contribution in [3.63, 3.8) is 0 Å². The van der Waals surface area contributed by atoms with Gasteiger partial charge in [-0.1, -0.05) is 27.7 Å². The first kappa shape index (κ1) is 21.2. The van der Waals surface area contributed by atoms with Gasteiger partial charge in [0.2, 0.25) is 11.9 Å². The maximum Gasteiger partial charge on any atom is 0.227 e. The number of terminal acetylenes is 1. The van der Waals surface area contributed by atoms with E-state index in [0.717, 1.165) is 44.6 Å². The molecule has 0 aliphatic heterocycles. The van der Waals surface area contributed by atoms with Gasteiger partial charge in [-0.15, -0.1) is 12.3 Å². The van der Waals surface area contributed by atoms with Crippen LogP contribution in [0.5, 0.6) is 0 Å². The highest BCUT2D eigenvalue weighted by atomic mass is 15.2. The fraction of sp³-hybridized carbons (Fsp3) is 0.750. The van der Waals surface area contributed by atoms with Crippen LogP contribution in [0, 0.1) is 29.6 Å². The number of hydrogen-bond acceptors (Lipinski definition) is 5. The number of aryl methyl sites for hydroxylation is 1. The number of aromatic nitrogens is 3. The second kappa shape index (κ2) is 10.2. The Hall–Kier alpha value is -1.83. The third-order valence-electron chi connectivity index (χ3n) is 4.06. The molecule has 1 rings (SSSR count). The van der Waals surface area contributed by atoms with Gasteiger partial charge >= 0.3 is 0 Å². The number of nitrogens with zero attached hydrogens (tertiary/aromatic N) is 3. The maximum absolute atomic E-state index is 5.59. The normalized spacial score (nSPS) is 11.6. The van der Waals surface area contributed by atoms with E-state index in [9.17, 15) is 0 Å². The highest BCUT2D eigenvalue weighted by molar-refractivity contribution is 5.34. The van der Waals surface area contributed by atoms with Gasteiger partial charge in [0.05, 0.1) is 0 Å². The second-order valence-corrected chi connectivity index (χ2v) is 8.15. The molecule has 0 aliphatic rings. The van der Waals surface area contributed by atoms with E-state index in [1.807, 2.05) is 0 Å². The molecule has 1 aromatic heterocycles. The number of nitrogens with one attached hydrogen (secondary N) is 2. The van der Waals surface area contributed by atoms with Crippen molar-refractivity contribution in [3.05, 3.63) is 5.82 Å². The van der Waals surface area contributed by atoms with Crippen LogP contribution in [0.25, 0.3) is 0 Å². The zero-order valence-corrected chi connectivity index (χ0v) is 16.8. The van der Waals surface area contributed by atoms with Crippen molar-refractivity contribution in [1.29, 1.82) is 0 Å². The standard InChI is InChI=1S/C20H35N5/c1-8-20(6,7)12-9-17-23-18(21-13-10-15(2)3)25-19(24-17)22-14-11-16(4)5/h1,15-16H,9-14H2,2-7H3,(H2,21,22,23,24,25). The topological polar surface area (TPSA) is 62.7 Å². The Kier molecular flexibility index (Phi) is 8.68. The second-order valence-electron chi connectivity index (χ2n) is 8.15. The first-order valence-electron chi connectivity index (χ1n) is 9.42. The molecule has 5 nitrogen and oxygen atoms in total. The summed E-state index contributed by atoms with van der Waals surface area (Å²) in [5, 5.41) is 6.65. The Labute approximate surface area is 153 Å². The van der Waals surface area contributed by atoms with Crippen LogP contribution < -0.4 is 10.6 Å². The Bertz CT molecular complexity index is 525. The van der Waals surface area contributed by atoms with Crippen LogP contribution in [-0.2, 0) is 6.42 Å². The lowest BCUT2D eigenvalue weighted by Gasteiger charge is -2.17. The van der Waals surface area contributed by atoms with Gasteiger partial charge in [0.25, 0.3) is 0 Å². The average molecular weight is 346 g/mol. The number of hydrogen-bond donors (Lipinski definition) is 2. The van der Waals surface area contributed by atoms with Gasteiger partial charge in [-0.3, -0.25) is 0 Å². The van der Waals surface area contributed by atoms with Gasteiger partial charge in [0.15, 0.2) is 0 Å². The molecule has 140 valence electrons. The Morgan fingerprint density at radius 2 is 1.40 bits per heavy atom. The van der Waals surface area contributed by atoms with Gasteiger partial charge in [-0.25, -0.2) is 0 Å². The SMILES string of the molecule is C#CC(C)(C)CCc1nc(NCCC(C)C)nc(NCCC(C)C)n1. The van der Waals surface area contributed by atoms with Crippen LogP contribution in [0.1, 0.15) is 66.6 Å².